The van der Waals surface area contributed by atoms with Crippen LogP contribution in [-0.2, 0) is 12.8 Å². The third kappa shape index (κ3) is 3.23. The van der Waals surface area contributed by atoms with Crippen molar-refractivity contribution in [3.8, 4) is 0 Å². The Hall–Kier alpha value is -1.16. The molecule has 1 aliphatic heterocycles. The van der Waals surface area contributed by atoms with Crippen LogP contribution in [0.25, 0.3) is 0 Å². The summed E-state index contributed by atoms with van der Waals surface area (Å²) < 4.78 is 0. The van der Waals surface area contributed by atoms with Gasteiger partial charge in [0, 0.05) is 12.2 Å². The number of rotatable bonds is 3. The predicted molar refractivity (Wildman–Crippen MR) is 100 cm³/mol. The lowest BCUT2D eigenvalue weighted by molar-refractivity contribution is 0.422. The van der Waals surface area contributed by atoms with E-state index >= 15 is 0 Å². The summed E-state index contributed by atoms with van der Waals surface area (Å²) in [5, 5.41) is 3.37. The zero-order chi connectivity index (χ0) is 15.7. The van der Waals surface area contributed by atoms with Gasteiger partial charge in [0.2, 0.25) is 0 Å². The number of nitrogens with two attached hydrogens (primary N) is 1. The van der Waals surface area contributed by atoms with Crippen LogP contribution in [0.4, 0.5) is 5.69 Å². The second-order valence-corrected chi connectivity index (χ2v) is 8.60. The van der Waals surface area contributed by atoms with E-state index in [1.165, 1.54) is 66.8 Å². The number of nitrogens with zero attached hydrogens (tertiary/aromatic N) is 1. The van der Waals surface area contributed by atoms with Gasteiger partial charge in [-0.3, -0.25) is 4.99 Å². The van der Waals surface area contributed by atoms with Crippen LogP contribution in [0.1, 0.15) is 43.2 Å². The molecule has 124 valence electrons. The van der Waals surface area contributed by atoms with Crippen molar-refractivity contribution in [1.29, 1.82) is 0 Å². The zero-order valence-corrected chi connectivity index (χ0v) is 14.6. The molecule has 3 nitrogen and oxygen atoms in total. The summed E-state index contributed by atoms with van der Waals surface area (Å²) in [6.45, 7) is 0.901. The normalized spacial score (nSPS) is 25.9. The first-order chi connectivity index (χ1) is 11.3. The fraction of sp³-hybridized carbons (Fsp3) is 0.632. The van der Waals surface area contributed by atoms with Crippen LogP contribution in [0.2, 0.25) is 0 Å². The minimum Gasteiger partial charge on any atom is -0.370 e. The molecule has 1 atom stereocenters. The van der Waals surface area contributed by atoms with Crippen molar-refractivity contribution in [2.24, 2.45) is 22.1 Å². The highest BCUT2D eigenvalue weighted by molar-refractivity contribution is 7.99. The van der Waals surface area contributed by atoms with Crippen molar-refractivity contribution in [2.45, 2.75) is 44.9 Å². The van der Waals surface area contributed by atoms with Crippen LogP contribution in [0, 0.1) is 11.3 Å². The summed E-state index contributed by atoms with van der Waals surface area (Å²) in [7, 11) is 0. The predicted octanol–water partition coefficient (Wildman–Crippen LogP) is 3.83. The van der Waals surface area contributed by atoms with E-state index in [4.69, 9.17) is 5.73 Å². The molecule has 2 aliphatic carbocycles. The van der Waals surface area contributed by atoms with Gasteiger partial charge in [-0.25, -0.2) is 0 Å². The summed E-state index contributed by atoms with van der Waals surface area (Å²) in [6.07, 6.45) is 9.09. The fourth-order valence-electron chi connectivity index (χ4n) is 4.36. The first-order valence-electron chi connectivity index (χ1n) is 9.02. The highest BCUT2D eigenvalue weighted by Gasteiger charge is 2.53. The average molecular weight is 330 g/mol. The number of hydrogen-bond acceptors (Lipinski definition) is 2. The molecule has 1 heterocycles. The van der Waals surface area contributed by atoms with Crippen LogP contribution in [0.15, 0.2) is 23.2 Å². The quantitative estimate of drug-likeness (QED) is 0.654. The molecule has 1 aromatic rings. The number of guanidine groups is 1. The van der Waals surface area contributed by atoms with E-state index in [1.807, 2.05) is 0 Å². The number of anilines is 1. The Labute approximate surface area is 143 Å². The van der Waals surface area contributed by atoms with Gasteiger partial charge < -0.3 is 11.1 Å². The molecule has 2 fully saturated rings. The van der Waals surface area contributed by atoms with Crippen LogP contribution in [0.5, 0.6) is 0 Å². The number of fused-ring (bicyclic) bond motifs is 1. The van der Waals surface area contributed by atoms with Crippen molar-refractivity contribution in [1.82, 2.24) is 0 Å². The zero-order valence-electron chi connectivity index (χ0n) is 13.8. The number of aliphatic imine (C=N–C) groups is 1. The lowest BCUT2D eigenvalue weighted by Gasteiger charge is -2.22. The second kappa shape index (κ2) is 6.39. The van der Waals surface area contributed by atoms with Crippen LogP contribution in [-0.4, -0.2) is 24.0 Å². The minimum absolute atomic E-state index is 0.594. The monoisotopic (exact) mass is 329 g/mol. The number of thioether (sulfide) groups is 1. The van der Waals surface area contributed by atoms with Gasteiger partial charge >= 0.3 is 0 Å². The van der Waals surface area contributed by atoms with Crippen molar-refractivity contribution >= 4 is 23.4 Å². The molecule has 1 saturated heterocycles. The van der Waals surface area contributed by atoms with Crippen LogP contribution >= 0.6 is 11.8 Å². The maximum absolute atomic E-state index is 6.17. The summed E-state index contributed by atoms with van der Waals surface area (Å²) in [6, 6.07) is 6.53. The lowest BCUT2D eigenvalue weighted by atomic mass is 9.90. The Morgan fingerprint density at radius 2 is 2.09 bits per heavy atom. The van der Waals surface area contributed by atoms with E-state index < -0.39 is 0 Å². The van der Waals surface area contributed by atoms with Gasteiger partial charge in [0.05, 0.1) is 0 Å². The van der Waals surface area contributed by atoms with Gasteiger partial charge in [0.25, 0.3) is 0 Å². The average Bonchev–Trinajstić information content (AvgIpc) is 3.25. The molecule has 0 radical (unpaired) electrons. The van der Waals surface area contributed by atoms with Crippen LogP contribution in [0.3, 0.4) is 0 Å². The van der Waals surface area contributed by atoms with Gasteiger partial charge in [0.1, 0.15) is 0 Å². The van der Waals surface area contributed by atoms with Gasteiger partial charge in [0.15, 0.2) is 5.96 Å². The summed E-state index contributed by atoms with van der Waals surface area (Å²) in [4.78, 5) is 4.66. The Morgan fingerprint density at radius 1 is 1.26 bits per heavy atom. The third-order valence-corrected chi connectivity index (χ3v) is 6.97. The molecule has 1 unspecified atom stereocenters. The Bertz CT molecular complexity index is 605. The topological polar surface area (TPSA) is 50.4 Å². The minimum atomic E-state index is 0.594. The number of nitrogens with one attached hydrogen (secondary N) is 1. The first kappa shape index (κ1) is 15.4. The Kier molecular flexibility index (Phi) is 4.27. The van der Waals surface area contributed by atoms with Gasteiger partial charge in [-0.05, 0) is 85.0 Å². The number of benzene rings is 1. The number of aryl methyl sites for hydroxylation is 1. The standard InChI is InChI=1S/C19H27N3S/c20-18(21-13-15-12-19(15)8-10-23-11-9-19)22-17-7-3-5-14-4-1-2-6-16(14)17/h3,5,7,15H,1-2,4,6,8-13H2,(H3,20,21,22). The van der Waals surface area contributed by atoms with Crippen LogP contribution < -0.4 is 11.1 Å². The van der Waals surface area contributed by atoms with Crippen molar-refractivity contribution in [2.75, 3.05) is 23.4 Å². The number of hydrogen-bond donors (Lipinski definition) is 2. The molecule has 1 spiro atoms. The smallest absolute Gasteiger partial charge is 0.193 e. The highest BCUT2D eigenvalue weighted by atomic mass is 32.2. The Morgan fingerprint density at radius 3 is 2.96 bits per heavy atom. The molecular weight excluding hydrogens is 302 g/mol. The van der Waals surface area contributed by atoms with Crippen molar-refractivity contribution < 1.29 is 0 Å². The third-order valence-electron chi connectivity index (χ3n) is 5.99. The summed E-state index contributed by atoms with van der Waals surface area (Å²) in [5.74, 6) is 4.04. The van der Waals surface area contributed by atoms with Crippen molar-refractivity contribution in [3.05, 3.63) is 29.3 Å². The summed E-state index contributed by atoms with van der Waals surface area (Å²) >= 11 is 2.11. The van der Waals surface area contributed by atoms with E-state index in [-0.39, 0.29) is 0 Å². The fourth-order valence-corrected chi connectivity index (χ4v) is 5.67. The van der Waals surface area contributed by atoms with E-state index in [1.54, 1.807) is 0 Å². The molecular formula is C19H27N3S. The molecule has 3 aliphatic rings. The van der Waals surface area contributed by atoms with Crippen molar-refractivity contribution in [3.63, 3.8) is 0 Å². The highest BCUT2D eigenvalue weighted by Crippen LogP contribution is 2.60. The first-order valence-corrected chi connectivity index (χ1v) is 10.2. The van der Waals surface area contributed by atoms with E-state index in [0.29, 0.717) is 11.4 Å². The van der Waals surface area contributed by atoms with Gasteiger partial charge in [-0.15, -0.1) is 0 Å². The second-order valence-electron chi connectivity index (χ2n) is 7.38. The van der Waals surface area contributed by atoms with E-state index in [9.17, 15) is 0 Å². The molecule has 1 aromatic carbocycles. The summed E-state index contributed by atoms with van der Waals surface area (Å²) in [5.41, 5.74) is 10.9. The SMILES string of the molecule is NC(=NCC1CC12CCSCC2)Nc1cccc2c1CCCC2. The molecule has 23 heavy (non-hydrogen) atoms. The van der Waals surface area contributed by atoms with E-state index in [0.717, 1.165) is 18.9 Å². The maximum atomic E-state index is 6.17. The van der Waals surface area contributed by atoms with Gasteiger partial charge in [-0.2, -0.15) is 11.8 Å². The molecule has 1 saturated carbocycles. The molecule has 3 N–H and O–H groups in total. The molecule has 0 aromatic heterocycles. The molecule has 4 heteroatoms. The molecule has 0 bridgehead atoms. The molecule has 4 rings (SSSR count). The van der Waals surface area contributed by atoms with Gasteiger partial charge in [-0.1, -0.05) is 12.1 Å². The largest absolute Gasteiger partial charge is 0.370 e. The molecule has 0 amide bonds. The lowest BCUT2D eigenvalue weighted by Crippen LogP contribution is -2.25. The van der Waals surface area contributed by atoms with E-state index in [2.05, 4.69) is 40.3 Å². The maximum Gasteiger partial charge on any atom is 0.193 e. The Balaban J connectivity index is 1.38.